The molecule has 1 rings (SSSR count). The van der Waals surface area contributed by atoms with Crippen LogP contribution in [0.4, 0.5) is 0 Å². The standard InChI is InChI=1S/C22H37NO3/c1-6-7-8-13-16-26-22-20(24-4)17-19(18-21(22)25-5)14-11-9-10-12-15-23(2)3/h11,14,17-18H,6-10,12-13,15-16H2,1-5H3/b14-11+. The quantitative estimate of drug-likeness (QED) is 0.414. The number of allylic oxidation sites excluding steroid dienone is 1. The van der Waals surface area contributed by atoms with E-state index in [0.717, 1.165) is 36.4 Å². The van der Waals surface area contributed by atoms with Crippen molar-refractivity contribution in [1.29, 1.82) is 0 Å². The molecule has 0 radical (unpaired) electrons. The Bertz CT molecular complexity index is 501. The zero-order chi connectivity index (χ0) is 19.2. The maximum atomic E-state index is 5.95. The first-order chi connectivity index (χ1) is 12.6. The molecule has 0 atom stereocenters. The van der Waals surface area contributed by atoms with Gasteiger partial charge in [0.05, 0.1) is 20.8 Å². The average molecular weight is 364 g/mol. The molecule has 1 aromatic carbocycles. The van der Waals surface area contributed by atoms with E-state index in [2.05, 4.69) is 38.1 Å². The second-order valence-corrected chi connectivity index (χ2v) is 6.87. The summed E-state index contributed by atoms with van der Waals surface area (Å²) in [5.41, 5.74) is 1.07. The van der Waals surface area contributed by atoms with Crippen LogP contribution in [0.15, 0.2) is 18.2 Å². The summed E-state index contributed by atoms with van der Waals surface area (Å²) in [6, 6.07) is 4.03. The topological polar surface area (TPSA) is 30.9 Å². The van der Waals surface area contributed by atoms with Gasteiger partial charge in [0.1, 0.15) is 0 Å². The minimum absolute atomic E-state index is 0.688. The first-order valence-electron chi connectivity index (χ1n) is 9.82. The maximum Gasteiger partial charge on any atom is 0.203 e. The van der Waals surface area contributed by atoms with E-state index >= 15 is 0 Å². The average Bonchev–Trinajstić information content (AvgIpc) is 2.64. The second kappa shape index (κ2) is 13.5. The summed E-state index contributed by atoms with van der Waals surface area (Å²) in [7, 11) is 7.57. The van der Waals surface area contributed by atoms with Gasteiger partial charge >= 0.3 is 0 Å². The van der Waals surface area contributed by atoms with E-state index in [1.54, 1.807) is 14.2 Å². The van der Waals surface area contributed by atoms with Crippen molar-refractivity contribution >= 4 is 6.08 Å². The molecule has 0 aliphatic rings. The summed E-state index contributed by atoms with van der Waals surface area (Å²) in [6.07, 6.45) is 12.6. The molecule has 4 heteroatoms. The van der Waals surface area contributed by atoms with Crippen molar-refractivity contribution in [1.82, 2.24) is 4.90 Å². The monoisotopic (exact) mass is 363 g/mol. The first kappa shape index (κ1) is 22.4. The lowest BCUT2D eigenvalue weighted by Gasteiger charge is -2.15. The Balaban J connectivity index is 2.65. The van der Waals surface area contributed by atoms with Crippen LogP contribution in [0.2, 0.25) is 0 Å². The van der Waals surface area contributed by atoms with Crippen LogP contribution >= 0.6 is 0 Å². The van der Waals surface area contributed by atoms with Crippen LogP contribution in [-0.4, -0.2) is 46.4 Å². The molecule has 0 saturated heterocycles. The van der Waals surface area contributed by atoms with Crippen molar-refractivity contribution < 1.29 is 14.2 Å². The fourth-order valence-corrected chi connectivity index (χ4v) is 2.75. The Kier molecular flexibility index (Phi) is 11.6. The van der Waals surface area contributed by atoms with Gasteiger partial charge in [-0.1, -0.05) is 38.3 Å². The first-order valence-corrected chi connectivity index (χ1v) is 9.82. The van der Waals surface area contributed by atoms with Gasteiger partial charge in [0.2, 0.25) is 5.75 Å². The highest BCUT2D eigenvalue weighted by molar-refractivity contribution is 5.62. The lowest BCUT2D eigenvalue weighted by Crippen LogP contribution is -2.12. The summed E-state index contributed by atoms with van der Waals surface area (Å²) in [6.45, 7) is 4.04. The lowest BCUT2D eigenvalue weighted by molar-refractivity contribution is 0.267. The van der Waals surface area contributed by atoms with E-state index < -0.39 is 0 Å². The van der Waals surface area contributed by atoms with Gasteiger partial charge in [-0.25, -0.2) is 0 Å². The SMILES string of the molecule is CCCCCCOc1c(OC)cc(/C=C/CCCCN(C)C)cc1OC. The van der Waals surface area contributed by atoms with E-state index in [4.69, 9.17) is 14.2 Å². The molecule has 0 saturated carbocycles. The van der Waals surface area contributed by atoms with Gasteiger partial charge in [-0.3, -0.25) is 0 Å². The number of nitrogens with zero attached hydrogens (tertiary/aromatic N) is 1. The molecule has 148 valence electrons. The van der Waals surface area contributed by atoms with Gasteiger partial charge in [0, 0.05) is 0 Å². The maximum absolute atomic E-state index is 5.95. The molecule has 0 heterocycles. The highest BCUT2D eigenvalue weighted by Crippen LogP contribution is 2.39. The molecule has 0 aliphatic heterocycles. The van der Waals surface area contributed by atoms with E-state index in [1.165, 1.54) is 32.1 Å². The molecule has 0 spiro atoms. The van der Waals surface area contributed by atoms with Crippen LogP contribution in [0.5, 0.6) is 17.2 Å². The predicted molar refractivity (Wildman–Crippen MR) is 111 cm³/mol. The van der Waals surface area contributed by atoms with Crippen LogP contribution in [0.3, 0.4) is 0 Å². The Hall–Kier alpha value is -1.68. The zero-order valence-corrected chi connectivity index (χ0v) is 17.3. The third kappa shape index (κ3) is 8.61. The van der Waals surface area contributed by atoms with Crippen LogP contribution in [-0.2, 0) is 0 Å². The highest BCUT2D eigenvalue weighted by atomic mass is 16.5. The lowest BCUT2D eigenvalue weighted by atomic mass is 10.1. The molecule has 4 nitrogen and oxygen atoms in total. The molecular weight excluding hydrogens is 326 g/mol. The number of methoxy groups -OCH3 is 2. The Morgan fingerprint density at radius 2 is 1.62 bits per heavy atom. The van der Waals surface area contributed by atoms with E-state index in [-0.39, 0.29) is 0 Å². The Labute approximate surface area is 160 Å². The van der Waals surface area contributed by atoms with Gasteiger partial charge in [0.15, 0.2) is 11.5 Å². The smallest absolute Gasteiger partial charge is 0.203 e. The third-order valence-electron chi connectivity index (χ3n) is 4.26. The molecule has 0 unspecified atom stereocenters. The van der Waals surface area contributed by atoms with Crippen molar-refractivity contribution in [2.75, 3.05) is 41.5 Å². The molecule has 0 N–H and O–H groups in total. The van der Waals surface area contributed by atoms with Gasteiger partial charge in [-0.2, -0.15) is 0 Å². The molecule has 26 heavy (non-hydrogen) atoms. The summed E-state index contributed by atoms with van der Waals surface area (Å²) < 4.78 is 17.0. The van der Waals surface area contributed by atoms with Gasteiger partial charge in [0.25, 0.3) is 0 Å². The van der Waals surface area contributed by atoms with Crippen molar-refractivity contribution in [3.8, 4) is 17.2 Å². The number of benzene rings is 1. The number of hydrogen-bond donors (Lipinski definition) is 0. The van der Waals surface area contributed by atoms with Crippen molar-refractivity contribution in [2.45, 2.75) is 51.9 Å². The molecule has 0 aliphatic carbocycles. The van der Waals surface area contributed by atoms with Crippen molar-refractivity contribution in [3.63, 3.8) is 0 Å². The summed E-state index contributed by atoms with van der Waals surface area (Å²) in [5, 5.41) is 0. The molecule has 0 bridgehead atoms. The number of rotatable bonds is 14. The normalized spacial score (nSPS) is 11.3. The van der Waals surface area contributed by atoms with Crippen LogP contribution in [0.25, 0.3) is 6.08 Å². The van der Waals surface area contributed by atoms with Gasteiger partial charge in [-0.05, 0) is 64.0 Å². The summed E-state index contributed by atoms with van der Waals surface area (Å²) in [5.74, 6) is 2.16. The Morgan fingerprint density at radius 1 is 0.923 bits per heavy atom. The molecule has 0 fully saturated rings. The van der Waals surface area contributed by atoms with Crippen molar-refractivity contribution in [3.05, 3.63) is 23.8 Å². The third-order valence-corrected chi connectivity index (χ3v) is 4.26. The number of ether oxygens (including phenoxy) is 3. The zero-order valence-electron chi connectivity index (χ0n) is 17.3. The fraction of sp³-hybridized carbons (Fsp3) is 0.636. The minimum atomic E-state index is 0.688. The second-order valence-electron chi connectivity index (χ2n) is 6.87. The van der Waals surface area contributed by atoms with E-state index in [1.807, 2.05) is 12.1 Å². The van der Waals surface area contributed by atoms with Gasteiger partial charge in [-0.15, -0.1) is 0 Å². The predicted octanol–water partition coefficient (Wildman–Crippen LogP) is 5.41. The van der Waals surface area contributed by atoms with Gasteiger partial charge < -0.3 is 19.1 Å². The van der Waals surface area contributed by atoms with E-state index in [0.29, 0.717) is 12.4 Å². The van der Waals surface area contributed by atoms with Crippen molar-refractivity contribution in [2.24, 2.45) is 0 Å². The summed E-state index contributed by atoms with van der Waals surface area (Å²) in [4.78, 5) is 2.22. The van der Waals surface area contributed by atoms with Crippen LogP contribution < -0.4 is 14.2 Å². The molecule has 0 amide bonds. The minimum Gasteiger partial charge on any atom is -0.493 e. The fourth-order valence-electron chi connectivity index (χ4n) is 2.75. The number of hydrogen-bond acceptors (Lipinski definition) is 4. The molecular formula is C22H37NO3. The summed E-state index contributed by atoms with van der Waals surface area (Å²) >= 11 is 0. The number of unbranched alkanes of at least 4 members (excludes halogenated alkanes) is 5. The molecule has 1 aromatic rings. The Morgan fingerprint density at radius 3 is 2.19 bits per heavy atom. The largest absolute Gasteiger partial charge is 0.493 e. The molecule has 0 aromatic heterocycles. The van der Waals surface area contributed by atoms with Crippen LogP contribution in [0, 0.1) is 0 Å². The highest BCUT2D eigenvalue weighted by Gasteiger charge is 2.13. The van der Waals surface area contributed by atoms with Crippen LogP contribution in [0.1, 0.15) is 57.4 Å². The van der Waals surface area contributed by atoms with E-state index in [9.17, 15) is 0 Å².